The van der Waals surface area contributed by atoms with E-state index in [1.54, 1.807) is 31.4 Å². The molecule has 6 nitrogen and oxygen atoms in total. The van der Waals surface area contributed by atoms with E-state index in [1.165, 1.54) is 13.3 Å². The lowest BCUT2D eigenvalue weighted by Crippen LogP contribution is -2.18. The predicted octanol–water partition coefficient (Wildman–Crippen LogP) is 4.39. The fourth-order valence-corrected chi connectivity index (χ4v) is 3.19. The maximum Gasteiger partial charge on any atom is 0.275 e. The van der Waals surface area contributed by atoms with Gasteiger partial charge >= 0.3 is 0 Å². The van der Waals surface area contributed by atoms with Gasteiger partial charge in [0, 0.05) is 4.47 Å². The average Bonchev–Trinajstić information content (AvgIpc) is 2.61. The van der Waals surface area contributed by atoms with Crippen LogP contribution in [0.1, 0.15) is 22.8 Å². The molecule has 0 radical (unpaired) electrons. The Balaban J connectivity index is 2.18. The van der Waals surface area contributed by atoms with E-state index >= 15 is 0 Å². The number of nitrogens with zero attached hydrogens (tertiary/aromatic N) is 1. The number of carbonyl (C=O) groups is 1. The summed E-state index contributed by atoms with van der Waals surface area (Å²) < 4.78 is 17.6. The zero-order valence-electron chi connectivity index (χ0n) is 14.5. The molecule has 2 aromatic rings. The van der Waals surface area contributed by atoms with Crippen LogP contribution in [0.25, 0.3) is 0 Å². The molecule has 0 heterocycles. The van der Waals surface area contributed by atoms with Gasteiger partial charge in [-0.25, -0.2) is 5.43 Å². The van der Waals surface area contributed by atoms with Crippen LogP contribution in [-0.2, 0) is 0 Å². The Kier molecular flexibility index (Phi) is 7.47. The van der Waals surface area contributed by atoms with Crippen molar-refractivity contribution in [2.24, 2.45) is 5.10 Å². The average molecular weight is 486 g/mol. The first-order valence-corrected chi connectivity index (χ1v) is 9.26. The van der Waals surface area contributed by atoms with Gasteiger partial charge in [0.25, 0.3) is 5.91 Å². The molecule has 0 aliphatic heterocycles. The Morgan fingerprint density at radius 2 is 1.92 bits per heavy atom. The van der Waals surface area contributed by atoms with E-state index in [1.807, 2.05) is 13.0 Å². The van der Waals surface area contributed by atoms with Crippen molar-refractivity contribution in [2.45, 2.75) is 6.92 Å². The molecule has 2 aromatic carbocycles. The highest BCUT2D eigenvalue weighted by Crippen LogP contribution is 2.36. The molecular weight excluding hydrogens is 468 g/mol. The molecule has 1 N–H and O–H groups in total. The van der Waals surface area contributed by atoms with Gasteiger partial charge in [-0.1, -0.05) is 15.9 Å². The van der Waals surface area contributed by atoms with Crippen molar-refractivity contribution in [3.8, 4) is 17.2 Å². The van der Waals surface area contributed by atoms with E-state index in [-0.39, 0.29) is 5.91 Å². The number of benzene rings is 2. The summed E-state index contributed by atoms with van der Waals surface area (Å²) in [5, 5.41) is 4.01. The van der Waals surface area contributed by atoms with Crippen LogP contribution >= 0.6 is 31.9 Å². The molecule has 0 saturated carbocycles. The lowest BCUT2D eigenvalue weighted by molar-refractivity contribution is 0.0952. The first-order chi connectivity index (χ1) is 12.5. The lowest BCUT2D eigenvalue weighted by atomic mass is 10.2. The van der Waals surface area contributed by atoms with Gasteiger partial charge in [-0.05, 0) is 58.7 Å². The minimum atomic E-state index is -0.378. The molecule has 1 amide bonds. The Hall–Kier alpha value is -2.06. The molecule has 0 atom stereocenters. The second kappa shape index (κ2) is 9.59. The van der Waals surface area contributed by atoms with Crippen molar-refractivity contribution in [3.63, 3.8) is 0 Å². The number of hydrazone groups is 1. The summed E-state index contributed by atoms with van der Waals surface area (Å²) in [6.45, 7) is 2.39. The van der Waals surface area contributed by atoms with Crippen LogP contribution < -0.4 is 19.6 Å². The summed E-state index contributed by atoms with van der Waals surface area (Å²) >= 11 is 6.77. The zero-order chi connectivity index (χ0) is 19.1. The summed E-state index contributed by atoms with van der Waals surface area (Å²) in [5.41, 5.74) is 3.61. The largest absolute Gasteiger partial charge is 0.496 e. The smallest absolute Gasteiger partial charge is 0.275 e. The van der Waals surface area contributed by atoms with Crippen molar-refractivity contribution in [1.29, 1.82) is 0 Å². The highest BCUT2D eigenvalue weighted by molar-refractivity contribution is 9.10. The van der Waals surface area contributed by atoms with E-state index in [9.17, 15) is 4.79 Å². The van der Waals surface area contributed by atoms with E-state index in [4.69, 9.17) is 14.2 Å². The van der Waals surface area contributed by atoms with Crippen LogP contribution in [0.3, 0.4) is 0 Å². The number of halogens is 2. The van der Waals surface area contributed by atoms with Crippen LogP contribution in [0.4, 0.5) is 0 Å². The summed E-state index contributed by atoms with van der Waals surface area (Å²) in [4.78, 5) is 12.3. The lowest BCUT2D eigenvalue weighted by Gasteiger charge is -2.11. The van der Waals surface area contributed by atoms with Gasteiger partial charge in [0.15, 0.2) is 11.5 Å². The molecule has 26 heavy (non-hydrogen) atoms. The molecule has 8 heteroatoms. The molecule has 0 aliphatic carbocycles. The van der Waals surface area contributed by atoms with Crippen molar-refractivity contribution < 1.29 is 19.0 Å². The summed E-state index contributed by atoms with van der Waals surface area (Å²) in [6, 6.07) is 8.76. The van der Waals surface area contributed by atoms with Gasteiger partial charge in [0.2, 0.25) is 0 Å². The van der Waals surface area contributed by atoms with Crippen molar-refractivity contribution >= 4 is 44.0 Å². The third kappa shape index (κ3) is 4.98. The third-order valence-corrected chi connectivity index (χ3v) is 4.40. The molecule has 0 unspecified atom stereocenters. The van der Waals surface area contributed by atoms with Gasteiger partial charge in [0.1, 0.15) is 5.75 Å². The zero-order valence-corrected chi connectivity index (χ0v) is 17.7. The second-order valence-corrected chi connectivity index (χ2v) is 6.78. The quantitative estimate of drug-likeness (QED) is 0.466. The molecule has 138 valence electrons. The molecule has 0 bridgehead atoms. The van der Waals surface area contributed by atoms with Gasteiger partial charge in [-0.15, -0.1) is 0 Å². The molecule has 0 aliphatic rings. The van der Waals surface area contributed by atoms with Gasteiger partial charge in [0.05, 0.1) is 37.1 Å². The second-order valence-electron chi connectivity index (χ2n) is 5.01. The Labute approximate surface area is 168 Å². The fraction of sp³-hybridized carbons (Fsp3) is 0.222. The van der Waals surface area contributed by atoms with Crippen molar-refractivity contribution in [1.82, 2.24) is 5.43 Å². The molecule has 0 saturated heterocycles. The molecule has 0 spiro atoms. The molecule has 2 rings (SSSR count). The minimum absolute atomic E-state index is 0.378. The standard InChI is InChI=1S/C18H18Br2N2O4/c1-4-26-16-8-11(7-14(20)17(16)25-3)10-21-22-18(23)13-9-12(19)5-6-15(13)24-2/h5-10H,4H2,1-3H3,(H,22,23)/b21-10-. The SMILES string of the molecule is CCOc1cc(/C=N\NC(=O)c2cc(Br)ccc2OC)cc(Br)c1OC. The summed E-state index contributed by atoms with van der Waals surface area (Å²) in [5.74, 6) is 1.28. The molecule has 0 fully saturated rings. The molecular formula is C18H18Br2N2O4. The normalized spacial score (nSPS) is 10.7. The predicted molar refractivity (Wildman–Crippen MR) is 108 cm³/mol. The minimum Gasteiger partial charge on any atom is -0.496 e. The number of nitrogens with one attached hydrogen (secondary N) is 1. The van der Waals surface area contributed by atoms with Gasteiger partial charge < -0.3 is 14.2 Å². The van der Waals surface area contributed by atoms with Crippen LogP contribution in [0, 0.1) is 0 Å². The Morgan fingerprint density at radius 1 is 1.15 bits per heavy atom. The number of amides is 1. The maximum absolute atomic E-state index is 12.3. The summed E-state index contributed by atoms with van der Waals surface area (Å²) in [6.07, 6.45) is 1.52. The van der Waals surface area contributed by atoms with Crippen LogP contribution in [0.5, 0.6) is 17.2 Å². The van der Waals surface area contributed by atoms with Crippen LogP contribution in [0.2, 0.25) is 0 Å². The number of hydrogen-bond acceptors (Lipinski definition) is 5. The monoisotopic (exact) mass is 484 g/mol. The number of methoxy groups -OCH3 is 2. The van der Waals surface area contributed by atoms with Gasteiger partial charge in [-0.2, -0.15) is 5.10 Å². The van der Waals surface area contributed by atoms with E-state index in [2.05, 4.69) is 42.4 Å². The highest BCUT2D eigenvalue weighted by atomic mass is 79.9. The number of ether oxygens (including phenoxy) is 3. The Bertz CT molecular complexity index is 825. The van der Waals surface area contributed by atoms with Gasteiger partial charge in [-0.3, -0.25) is 4.79 Å². The first-order valence-electron chi connectivity index (χ1n) is 7.67. The van der Waals surface area contributed by atoms with E-state index in [0.717, 1.165) is 14.5 Å². The fourth-order valence-electron chi connectivity index (χ4n) is 2.21. The van der Waals surface area contributed by atoms with E-state index in [0.29, 0.717) is 29.4 Å². The van der Waals surface area contributed by atoms with Crippen molar-refractivity contribution in [3.05, 3.63) is 50.4 Å². The number of rotatable bonds is 7. The number of carbonyl (C=O) groups excluding carboxylic acids is 1. The van der Waals surface area contributed by atoms with Crippen LogP contribution in [-0.4, -0.2) is 32.9 Å². The first kappa shape index (κ1) is 20.3. The van der Waals surface area contributed by atoms with E-state index < -0.39 is 0 Å². The number of hydrogen-bond donors (Lipinski definition) is 1. The molecule has 0 aromatic heterocycles. The third-order valence-electron chi connectivity index (χ3n) is 3.32. The van der Waals surface area contributed by atoms with Crippen molar-refractivity contribution in [2.75, 3.05) is 20.8 Å². The Morgan fingerprint density at radius 3 is 2.58 bits per heavy atom. The topological polar surface area (TPSA) is 69.2 Å². The van der Waals surface area contributed by atoms with Crippen LogP contribution in [0.15, 0.2) is 44.4 Å². The maximum atomic E-state index is 12.3. The highest BCUT2D eigenvalue weighted by Gasteiger charge is 2.13. The summed E-state index contributed by atoms with van der Waals surface area (Å²) in [7, 11) is 3.08.